The molecule has 0 aliphatic rings. The number of likely N-dealkylation sites (N-methyl/N-ethyl adjacent to an activating group) is 1. The molecule has 0 fully saturated rings. The van der Waals surface area contributed by atoms with Crippen molar-refractivity contribution >= 4 is 48.9 Å². The molecule has 0 aromatic carbocycles. The second-order valence-electron chi connectivity index (χ2n) is 18.3. The zero-order chi connectivity index (χ0) is 49.2. The average molecular weight is 960 g/mol. The predicted octanol–water partition coefficient (Wildman–Crippen LogP) is 7.64. The number of ether oxygens (including phenoxy) is 2. The summed E-state index contributed by atoms with van der Waals surface area (Å²) in [6, 6.07) is 6.50. The van der Waals surface area contributed by atoms with Crippen molar-refractivity contribution in [3.05, 3.63) is 59.9 Å². The van der Waals surface area contributed by atoms with E-state index < -0.39 is 50.9 Å². The lowest BCUT2D eigenvalue weighted by Crippen LogP contribution is -2.37. The molecule has 3 heterocycles. The van der Waals surface area contributed by atoms with Crippen molar-refractivity contribution in [1.29, 1.82) is 0 Å². The number of phosphoric acid groups is 1. The molecule has 3 aromatic rings. The van der Waals surface area contributed by atoms with Crippen LogP contribution in [0.25, 0.3) is 0 Å². The van der Waals surface area contributed by atoms with E-state index in [1.165, 1.54) is 76.7 Å². The van der Waals surface area contributed by atoms with Crippen molar-refractivity contribution in [2.24, 2.45) is 21.1 Å². The highest BCUT2D eigenvalue weighted by atomic mass is 31.2. The first-order valence-corrected chi connectivity index (χ1v) is 25.4. The third kappa shape index (κ3) is 23.2. The Hall–Kier alpha value is -4.74. The van der Waals surface area contributed by atoms with E-state index in [4.69, 9.17) is 18.5 Å². The molecule has 3 rings (SSSR count). The topological polar surface area (TPSA) is 213 Å². The maximum atomic E-state index is 13.2. The standard InChI is InChI=1S/C48H78N7O11P/c1-8-9-10-11-12-13-14-15-16-17-18-19-20-21-22-26-44(56)63-36-40(37-65-67(61,62)64-31-30-55(5,6)7)66-45(57)27-23-28-49-46(58)42-32-38(34-53(42)3)51-48(60)43-33-39(35-54(43)4)50-47(59)41-25-24-29-52(41)2/h24-25,29,32-35,40H,8-23,26-28,30-31,36-37H2,1-7H3,(H3-,49,50,51,58,59,60,61,62)/t40-/m1/s1. The third-order valence-corrected chi connectivity index (χ3v) is 12.1. The first-order chi connectivity index (χ1) is 31.9. The Bertz CT molecular complexity index is 2040. The van der Waals surface area contributed by atoms with Gasteiger partial charge >= 0.3 is 11.9 Å². The Balaban J connectivity index is 1.40. The number of hydrogen-bond acceptors (Lipinski definition) is 11. The van der Waals surface area contributed by atoms with Crippen LogP contribution in [0.3, 0.4) is 0 Å². The van der Waals surface area contributed by atoms with Crippen LogP contribution < -0.4 is 20.8 Å². The van der Waals surface area contributed by atoms with Crippen LogP contribution in [0, 0.1) is 0 Å². The number of nitrogens with one attached hydrogen (secondary N) is 3. The molecule has 3 N–H and O–H groups in total. The molecular weight excluding hydrogens is 882 g/mol. The highest BCUT2D eigenvalue weighted by Crippen LogP contribution is 2.38. The van der Waals surface area contributed by atoms with Crippen LogP contribution in [0.1, 0.15) is 154 Å². The normalized spacial score (nSPS) is 12.9. The summed E-state index contributed by atoms with van der Waals surface area (Å²) in [5, 5.41) is 8.31. The summed E-state index contributed by atoms with van der Waals surface area (Å²) >= 11 is 0. The highest BCUT2D eigenvalue weighted by molar-refractivity contribution is 7.45. The maximum absolute atomic E-state index is 13.2. The SMILES string of the molecule is CCCCCCCCCCCCCCCCCC(=O)OC[C@H](COP(=O)([O-])OCC[N+](C)(C)C)OC(=O)CCCNC(=O)c1cc(NC(=O)c2cc(NC(=O)c3cccn3C)cn2C)cn1C. The van der Waals surface area contributed by atoms with E-state index in [9.17, 15) is 33.4 Å². The van der Waals surface area contributed by atoms with Crippen molar-refractivity contribution in [2.45, 2.75) is 129 Å². The number of nitrogens with zero attached hydrogens (tertiary/aromatic N) is 4. The van der Waals surface area contributed by atoms with E-state index in [1.54, 1.807) is 71.6 Å². The fourth-order valence-electron chi connectivity index (χ4n) is 7.23. The summed E-state index contributed by atoms with van der Waals surface area (Å²) in [5.41, 5.74) is 1.78. The monoisotopic (exact) mass is 960 g/mol. The lowest BCUT2D eigenvalue weighted by Gasteiger charge is -2.28. The van der Waals surface area contributed by atoms with Crippen molar-refractivity contribution in [1.82, 2.24) is 19.0 Å². The minimum atomic E-state index is -4.76. The zero-order valence-corrected chi connectivity index (χ0v) is 42.0. The minimum Gasteiger partial charge on any atom is -0.756 e. The van der Waals surface area contributed by atoms with Crippen molar-refractivity contribution < 1.29 is 56.4 Å². The number of anilines is 2. The van der Waals surface area contributed by atoms with Gasteiger partial charge in [-0.1, -0.05) is 96.8 Å². The number of esters is 2. The van der Waals surface area contributed by atoms with Gasteiger partial charge in [-0.05, 0) is 37.1 Å². The summed E-state index contributed by atoms with van der Waals surface area (Å²) in [5.74, 6) is -2.42. The molecule has 67 heavy (non-hydrogen) atoms. The first-order valence-electron chi connectivity index (χ1n) is 24.0. The zero-order valence-electron chi connectivity index (χ0n) is 41.1. The van der Waals surface area contributed by atoms with Crippen LogP contribution in [-0.4, -0.2) is 108 Å². The molecule has 1 unspecified atom stereocenters. The van der Waals surface area contributed by atoms with Crippen molar-refractivity contribution in [3.8, 4) is 0 Å². The summed E-state index contributed by atoms with van der Waals surface area (Å²) in [7, 11) is 5.97. The van der Waals surface area contributed by atoms with Gasteiger partial charge in [0.25, 0.3) is 25.5 Å². The molecule has 0 aliphatic carbocycles. The number of carbonyl (C=O) groups is 5. The van der Waals surface area contributed by atoms with Crippen LogP contribution >= 0.6 is 7.82 Å². The van der Waals surface area contributed by atoms with Crippen LogP contribution in [0.5, 0.6) is 0 Å². The number of phosphoric ester groups is 1. The molecule has 3 amide bonds. The Morgan fingerprint density at radius 3 is 1.69 bits per heavy atom. The molecule has 0 spiro atoms. The minimum absolute atomic E-state index is 0.0900. The van der Waals surface area contributed by atoms with Gasteiger partial charge in [0.2, 0.25) is 0 Å². The number of quaternary nitrogens is 1. The lowest BCUT2D eigenvalue weighted by atomic mass is 10.0. The molecular formula is C48H78N7O11P. The number of unbranched alkanes of at least 4 members (excludes halogenated alkanes) is 14. The fraction of sp³-hybridized carbons (Fsp3) is 0.646. The third-order valence-electron chi connectivity index (χ3n) is 11.2. The molecule has 0 bridgehead atoms. The van der Waals surface area contributed by atoms with Gasteiger partial charge in [0.15, 0.2) is 6.10 Å². The van der Waals surface area contributed by atoms with Crippen LogP contribution in [0.4, 0.5) is 11.4 Å². The number of aryl methyl sites for hydroxylation is 3. The molecule has 19 heteroatoms. The van der Waals surface area contributed by atoms with Gasteiger partial charge < -0.3 is 57.5 Å². The Morgan fingerprint density at radius 2 is 1.16 bits per heavy atom. The van der Waals surface area contributed by atoms with Crippen molar-refractivity contribution in [2.75, 3.05) is 64.7 Å². The van der Waals surface area contributed by atoms with Gasteiger partial charge in [-0.25, -0.2) is 0 Å². The second-order valence-corrected chi connectivity index (χ2v) is 19.7. The van der Waals surface area contributed by atoms with Gasteiger partial charge in [-0.3, -0.25) is 28.5 Å². The highest BCUT2D eigenvalue weighted by Gasteiger charge is 2.23. The van der Waals surface area contributed by atoms with E-state index in [1.807, 2.05) is 21.1 Å². The van der Waals surface area contributed by atoms with Gasteiger partial charge in [0.05, 0.1) is 39.1 Å². The predicted molar refractivity (Wildman–Crippen MR) is 257 cm³/mol. The number of carbonyl (C=O) groups excluding carboxylic acids is 5. The Labute approximate surface area is 397 Å². The first kappa shape index (κ1) is 56.6. The Kier molecular flexibility index (Phi) is 25.2. The number of aromatic nitrogens is 3. The number of hydrogen-bond donors (Lipinski definition) is 3. The molecule has 2 atom stereocenters. The quantitative estimate of drug-likeness (QED) is 0.0226. The van der Waals surface area contributed by atoms with Gasteiger partial charge in [0.1, 0.15) is 36.8 Å². The summed E-state index contributed by atoms with van der Waals surface area (Å²) in [6.07, 6.45) is 22.0. The molecule has 376 valence electrons. The summed E-state index contributed by atoms with van der Waals surface area (Å²) < 4.78 is 38.6. The van der Waals surface area contributed by atoms with E-state index in [2.05, 4.69) is 22.9 Å². The van der Waals surface area contributed by atoms with Gasteiger partial charge in [-0.15, -0.1) is 0 Å². The molecule has 0 aliphatic heterocycles. The van der Waals surface area contributed by atoms with Crippen LogP contribution in [0.15, 0.2) is 42.9 Å². The molecule has 0 radical (unpaired) electrons. The largest absolute Gasteiger partial charge is 0.756 e. The molecule has 3 aromatic heterocycles. The summed E-state index contributed by atoms with van der Waals surface area (Å²) in [6.45, 7) is 1.61. The second kappa shape index (κ2) is 29.9. The van der Waals surface area contributed by atoms with E-state index in [0.29, 0.717) is 34.5 Å². The van der Waals surface area contributed by atoms with Gasteiger partial charge in [-0.2, -0.15) is 0 Å². The lowest BCUT2D eigenvalue weighted by molar-refractivity contribution is -0.870. The van der Waals surface area contributed by atoms with E-state index in [-0.39, 0.29) is 49.7 Å². The smallest absolute Gasteiger partial charge is 0.306 e. The number of rotatable bonds is 35. The average Bonchev–Trinajstić information content (AvgIpc) is 3.97. The fourth-order valence-corrected chi connectivity index (χ4v) is 7.96. The van der Waals surface area contributed by atoms with Gasteiger partial charge in [0, 0.05) is 59.1 Å². The van der Waals surface area contributed by atoms with E-state index in [0.717, 1.165) is 19.3 Å². The Morgan fingerprint density at radius 1 is 0.657 bits per heavy atom. The summed E-state index contributed by atoms with van der Waals surface area (Å²) in [4.78, 5) is 76.9. The number of amides is 3. The molecule has 18 nitrogen and oxygen atoms in total. The molecule has 0 saturated carbocycles. The van der Waals surface area contributed by atoms with E-state index >= 15 is 0 Å². The maximum Gasteiger partial charge on any atom is 0.306 e. The van der Waals surface area contributed by atoms with Crippen LogP contribution in [-0.2, 0) is 53.8 Å². The van der Waals surface area contributed by atoms with Crippen molar-refractivity contribution in [3.63, 3.8) is 0 Å². The molecule has 0 saturated heterocycles. The van der Waals surface area contributed by atoms with Crippen LogP contribution in [0.2, 0.25) is 0 Å².